The fourth-order valence-corrected chi connectivity index (χ4v) is 3.85. The number of esters is 1. The summed E-state index contributed by atoms with van der Waals surface area (Å²) < 4.78 is 5.10. The zero-order valence-corrected chi connectivity index (χ0v) is 15.1. The van der Waals surface area contributed by atoms with Crippen molar-refractivity contribution in [1.82, 2.24) is 10.2 Å². The van der Waals surface area contributed by atoms with Gasteiger partial charge in [0, 0.05) is 13.8 Å². The van der Waals surface area contributed by atoms with Gasteiger partial charge in [-0.25, -0.2) is 4.79 Å². The SMILES string of the molecule is CCOC(=O)C(c1ccccc1)N1CC(NC(C)=O)(SC(C)=O)C1=O. The number of hydrogen-bond acceptors (Lipinski definition) is 6. The van der Waals surface area contributed by atoms with E-state index in [2.05, 4.69) is 5.32 Å². The first-order chi connectivity index (χ1) is 11.8. The fourth-order valence-electron chi connectivity index (χ4n) is 2.75. The van der Waals surface area contributed by atoms with Crippen LogP contribution in [0.2, 0.25) is 0 Å². The number of ether oxygens (including phenoxy) is 1. The molecule has 1 aromatic rings. The summed E-state index contributed by atoms with van der Waals surface area (Å²) in [6.07, 6.45) is 0. The third kappa shape index (κ3) is 4.01. The van der Waals surface area contributed by atoms with Gasteiger partial charge in [-0.05, 0) is 24.2 Å². The molecule has 2 atom stereocenters. The smallest absolute Gasteiger partial charge is 0.333 e. The highest BCUT2D eigenvalue weighted by atomic mass is 32.2. The van der Waals surface area contributed by atoms with Gasteiger partial charge in [0.2, 0.25) is 5.91 Å². The van der Waals surface area contributed by atoms with E-state index in [1.165, 1.54) is 18.7 Å². The molecule has 0 radical (unpaired) electrons. The molecule has 134 valence electrons. The topological polar surface area (TPSA) is 92.8 Å². The van der Waals surface area contributed by atoms with Crippen LogP contribution in [-0.4, -0.2) is 45.8 Å². The van der Waals surface area contributed by atoms with Crippen molar-refractivity contribution in [2.75, 3.05) is 13.2 Å². The van der Waals surface area contributed by atoms with E-state index in [4.69, 9.17) is 4.74 Å². The molecular formula is C17H20N2O5S. The number of β-lactam (4-membered cyclic amide) rings is 1. The van der Waals surface area contributed by atoms with Crippen molar-refractivity contribution in [3.8, 4) is 0 Å². The summed E-state index contributed by atoms with van der Waals surface area (Å²) in [5.74, 6) is -1.47. The van der Waals surface area contributed by atoms with Gasteiger partial charge in [-0.1, -0.05) is 30.3 Å². The van der Waals surface area contributed by atoms with E-state index in [9.17, 15) is 19.2 Å². The molecule has 0 aromatic heterocycles. The largest absolute Gasteiger partial charge is 0.464 e. The van der Waals surface area contributed by atoms with E-state index < -0.39 is 28.7 Å². The predicted octanol–water partition coefficient (Wildman–Crippen LogP) is 1.25. The highest BCUT2D eigenvalue weighted by Crippen LogP contribution is 2.40. The van der Waals surface area contributed by atoms with E-state index in [0.29, 0.717) is 5.56 Å². The molecule has 2 amide bonds. The van der Waals surface area contributed by atoms with E-state index >= 15 is 0 Å². The lowest BCUT2D eigenvalue weighted by molar-refractivity contribution is -0.165. The number of amides is 2. The number of benzene rings is 1. The quantitative estimate of drug-likeness (QED) is 0.464. The second-order valence-electron chi connectivity index (χ2n) is 5.60. The number of rotatable bonds is 6. The van der Waals surface area contributed by atoms with E-state index in [-0.39, 0.29) is 18.3 Å². The van der Waals surface area contributed by atoms with Gasteiger partial charge in [-0.3, -0.25) is 14.4 Å². The van der Waals surface area contributed by atoms with Crippen molar-refractivity contribution in [1.29, 1.82) is 0 Å². The summed E-state index contributed by atoms with van der Waals surface area (Å²) in [6.45, 7) is 4.50. The molecule has 1 saturated heterocycles. The first kappa shape index (κ1) is 19.0. The lowest BCUT2D eigenvalue weighted by Gasteiger charge is -2.50. The molecule has 2 unspecified atom stereocenters. The molecule has 1 heterocycles. The maximum absolute atomic E-state index is 12.8. The van der Waals surface area contributed by atoms with Crippen LogP contribution in [0.4, 0.5) is 0 Å². The molecule has 0 aliphatic carbocycles. The van der Waals surface area contributed by atoms with Gasteiger partial charge in [0.05, 0.1) is 13.2 Å². The van der Waals surface area contributed by atoms with Crippen molar-refractivity contribution in [3.63, 3.8) is 0 Å². The molecule has 8 heteroatoms. The highest BCUT2D eigenvalue weighted by molar-refractivity contribution is 8.15. The molecule has 0 spiro atoms. The fraction of sp³-hybridized carbons (Fsp3) is 0.412. The minimum absolute atomic E-state index is 0.0357. The van der Waals surface area contributed by atoms with Gasteiger partial charge in [0.15, 0.2) is 16.0 Å². The molecule has 1 aliphatic heterocycles. The number of thioether (sulfide) groups is 1. The number of nitrogens with one attached hydrogen (secondary N) is 1. The molecule has 1 aromatic carbocycles. The first-order valence-electron chi connectivity index (χ1n) is 7.81. The second kappa shape index (κ2) is 7.69. The molecule has 1 N–H and O–H groups in total. The van der Waals surface area contributed by atoms with E-state index in [1.54, 1.807) is 37.3 Å². The first-order valence-corrected chi connectivity index (χ1v) is 8.63. The van der Waals surface area contributed by atoms with Crippen LogP contribution < -0.4 is 5.32 Å². The monoisotopic (exact) mass is 364 g/mol. The van der Waals surface area contributed by atoms with Crippen LogP contribution >= 0.6 is 11.8 Å². The maximum atomic E-state index is 12.8. The van der Waals surface area contributed by atoms with Crippen molar-refractivity contribution < 1.29 is 23.9 Å². The molecule has 2 rings (SSSR count). The Labute approximate surface area is 150 Å². The number of carbonyl (C=O) groups is 4. The van der Waals surface area contributed by atoms with Crippen LogP contribution in [0.5, 0.6) is 0 Å². The zero-order chi connectivity index (χ0) is 18.6. The molecule has 1 aliphatic rings. The Kier molecular flexibility index (Phi) is 5.84. The maximum Gasteiger partial charge on any atom is 0.333 e. The number of carbonyl (C=O) groups excluding carboxylic acids is 4. The second-order valence-corrected chi connectivity index (χ2v) is 7.08. The number of hydrogen-bond donors (Lipinski definition) is 1. The average molecular weight is 364 g/mol. The van der Waals surface area contributed by atoms with E-state index in [1.807, 2.05) is 0 Å². The zero-order valence-electron chi connectivity index (χ0n) is 14.3. The highest BCUT2D eigenvalue weighted by Gasteiger charge is 2.58. The standard InChI is InChI=1S/C17H20N2O5S/c1-4-24-15(22)14(13-8-6-5-7-9-13)19-10-17(16(19)23,18-11(2)20)25-12(3)21/h5-9,14H,4,10H2,1-3H3,(H,18,20). The van der Waals surface area contributed by atoms with Gasteiger partial charge in [-0.2, -0.15) is 0 Å². The van der Waals surface area contributed by atoms with Crippen molar-refractivity contribution in [3.05, 3.63) is 35.9 Å². The third-order valence-electron chi connectivity index (χ3n) is 3.63. The Morgan fingerprint density at radius 1 is 1.28 bits per heavy atom. The molecule has 25 heavy (non-hydrogen) atoms. The van der Waals surface area contributed by atoms with Crippen molar-refractivity contribution in [2.24, 2.45) is 0 Å². The number of nitrogens with zero attached hydrogens (tertiary/aromatic N) is 1. The Morgan fingerprint density at radius 2 is 1.92 bits per heavy atom. The van der Waals surface area contributed by atoms with Gasteiger partial charge >= 0.3 is 5.97 Å². The van der Waals surface area contributed by atoms with Crippen LogP contribution in [0.1, 0.15) is 32.4 Å². The Bertz CT molecular complexity index is 676. The van der Waals surface area contributed by atoms with Crippen LogP contribution in [0.3, 0.4) is 0 Å². The lowest BCUT2D eigenvalue weighted by atomic mass is 9.97. The normalized spacial score (nSPS) is 20.4. The van der Waals surface area contributed by atoms with Gasteiger partial charge in [-0.15, -0.1) is 0 Å². The van der Waals surface area contributed by atoms with Crippen LogP contribution in [-0.2, 0) is 23.9 Å². The molecule has 1 fully saturated rings. The van der Waals surface area contributed by atoms with Gasteiger partial charge in [0.25, 0.3) is 5.91 Å². The Balaban J connectivity index is 2.31. The summed E-state index contributed by atoms with van der Waals surface area (Å²) in [7, 11) is 0. The summed E-state index contributed by atoms with van der Waals surface area (Å²) in [4.78, 5) is 48.1. The van der Waals surface area contributed by atoms with Crippen LogP contribution in [0.25, 0.3) is 0 Å². The molecule has 7 nitrogen and oxygen atoms in total. The molecule has 0 saturated carbocycles. The predicted molar refractivity (Wildman–Crippen MR) is 92.3 cm³/mol. The van der Waals surface area contributed by atoms with Gasteiger partial charge < -0.3 is 15.0 Å². The molecular weight excluding hydrogens is 344 g/mol. The summed E-state index contributed by atoms with van der Waals surface area (Å²) in [5, 5.41) is 2.24. The van der Waals surface area contributed by atoms with Crippen LogP contribution in [0.15, 0.2) is 30.3 Å². The Hall–Kier alpha value is -2.35. The van der Waals surface area contributed by atoms with Gasteiger partial charge in [0.1, 0.15) is 0 Å². The lowest BCUT2D eigenvalue weighted by Crippen LogP contribution is -2.73. The summed E-state index contributed by atoms with van der Waals surface area (Å²) in [6, 6.07) is 7.87. The minimum atomic E-state index is -1.36. The average Bonchev–Trinajstić information content (AvgIpc) is 2.54. The summed E-state index contributed by atoms with van der Waals surface area (Å²) in [5.41, 5.74) is 0.610. The van der Waals surface area contributed by atoms with Crippen molar-refractivity contribution >= 4 is 34.7 Å². The molecule has 0 bridgehead atoms. The van der Waals surface area contributed by atoms with Crippen LogP contribution in [0, 0.1) is 0 Å². The third-order valence-corrected chi connectivity index (χ3v) is 4.67. The number of likely N-dealkylation sites (tertiary alicyclic amines) is 1. The van der Waals surface area contributed by atoms with Crippen molar-refractivity contribution in [2.45, 2.75) is 31.7 Å². The minimum Gasteiger partial charge on any atom is -0.464 e. The van der Waals surface area contributed by atoms with E-state index in [0.717, 1.165) is 11.8 Å². The summed E-state index contributed by atoms with van der Waals surface area (Å²) >= 11 is 0.752. The Morgan fingerprint density at radius 3 is 2.40 bits per heavy atom.